The zero-order chi connectivity index (χ0) is 17.3. The van der Waals surface area contributed by atoms with Gasteiger partial charge in [-0.2, -0.15) is 20.9 Å². The molecule has 5 aromatic heterocycles. The Morgan fingerprint density at radius 1 is 0.385 bits per heavy atom. The van der Waals surface area contributed by atoms with Gasteiger partial charge in [0, 0.05) is 0 Å². The van der Waals surface area contributed by atoms with Gasteiger partial charge in [-0.05, 0) is 20.9 Å². The molecule has 5 rings (SSSR count). The maximum Gasteiger partial charge on any atom is 0.225 e. The lowest BCUT2D eigenvalue weighted by molar-refractivity contribution is 0.881. The minimum atomic E-state index is 0.154. The third-order valence-electron chi connectivity index (χ3n) is 3.12. The predicted molar refractivity (Wildman–Crippen MR) is 74.7 cm³/mol. The minimum absolute atomic E-state index is 0.154. The molecule has 5 aromatic rings. The molecule has 0 saturated heterocycles. The summed E-state index contributed by atoms with van der Waals surface area (Å²) in [5, 5.41) is 54.9. The van der Waals surface area contributed by atoms with E-state index in [4.69, 9.17) is 0 Å². The molecular weight excluding hydrogens is 348 g/mol. The van der Waals surface area contributed by atoms with E-state index in [-0.39, 0.29) is 46.1 Å². The molecule has 0 spiro atoms. The zero-order valence-electron chi connectivity index (χ0n) is 12.3. The van der Waals surface area contributed by atoms with Gasteiger partial charge in [0.25, 0.3) is 0 Å². The van der Waals surface area contributed by atoms with Crippen LogP contribution >= 0.6 is 0 Å². The zero-order valence-corrected chi connectivity index (χ0v) is 12.3. The summed E-state index contributed by atoms with van der Waals surface area (Å²) in [6, 6.07) is 0. The van der Waals surface area contributed by atoms with E-state index in [1.807, 2.05) is 0 Å². The third kappa shape index (κ3) is 2.13. The van der Waals surface area contributed by atoms with Crippen molar-refractivity contribution in [1.82, 2.24) is 92.5 Å². The van der Waals surface area contributed by atoms with E-state index in [9.17, 15) is 0 Å². The van der Waals surface area contributed by atoms with Crippen molar-refractivity contribution in [2.75, 3.05) is 0 Å². The summed E-state index contributed by atoms with van der Waals surface area (Å²) < 4.78 is 0. The molecule has 0 radical (unpaired) electrons. The van der Waals surface area contributed by atoms with Crippen molar-refractivity contribution < 1.29 is 0 Å². The number of rotatable bonds is 4. The van der Waals surface area contributed by atoms with Crippen LogP contribution in [0.2, 0.25) is 0 Å². The van der Waals surface area contributed by atoms with E-state index in [1.165, 1.54) is 0 Å². The summed E-state index contributed by atoms with van der Waals surface area (Å²) >= 11 is 0. The van der Waals surface area contributed by atoms with E-state index in [1.54, 1.807) is 0 Å². The Hall–Kier alpha value is -4.64. The molecule has 126 valence electrons. The van der Waals surface area contributed by atoms with Crippen LogP contribution in [0.1, 0.15) is 0 Å². The highest BCUT2D eigenvalue weighted by atomic mass is 15.5. The average molecular weight is 352 g/mol. The van der Waals surface area contributed by atoms with Crippen LogP contribution in [-0.2, 0) is 0 Å². The molecule has 0 aliphatic rings. The first-order valence-corrected chi connectivity index (χ1v) is 6.77. The maximum atomic E-state index is 4.49. The quantitative estimate of drug-likeness (QED) is 0.255. The highest BCUT2D eigenvalue weighted by Crippen LogP contribution is 2.31. The number of nitrogens with one attached hydrogen (secondary N) is 4. The molecule has 4 N–H and O–H groups in total. The molecular formula is C8H4N18. The van der Waals surface area contributed by atoms with Crippen LogP contribution in [0.3, 0.4) is 0 Å². The number of aromatic amines is 4. The molecule has 0 saturated carbocycles. The SMILES string of the molecule is n1nc(-c2nc(-c3nn[nH]n3)c(-c3nn[nH]n3)nc2-c2nn[nH]n2)n[nH]1. The summed E-state index contributed by atoms with van der Waals surface area (Å²) in [5.74, 6) is 0.617. The number of hydrogen-bond acceptors (Lipinski definition) is 14. The van der Waals surface area contributed by atoms with E-state index in [2.05, 4.69) is 92.5 Å². The van der Waals surface area contributed by atoms with E-state index >= 15 is 0 Å². The van der Waals surface area contributed by atoms with E-state index in [0.29, 0.717) is 0 Å². The molecule has 26 heavy (non-hydrogen) atoms. The number of aromatic nitrogens is 18. The molecule has 0 unspecified atom stereocenters. The Morgan fingerprint density at radius 3 is 0.846 bits per heavy atom. The first kappa shape index (κ1) is 13.8. The van der Waals surface area contributed by atoms with Gasteiger partial charge in [-0.3, -0.25) is 0 Å². The summed E-state index contributed by atoms with van der Waals surface area (Å²) in [4.78, 5) is 8.99. The second-order valence-corrected chi connectivity index (χ2v) is 4.56. The van der Waals surface area contributed by atoms with Crippen molar-refractivity contribution in [3.63, 3.8) is 0 Å². The number of nitrogens with zero attached hydrogens (tertiary/aromatic N) is 14. The number of tetrazole rings is 4. The molecule has 5 heterocycles. The van der Waals surface area contributed by atoms with Gasteiger partial charge in [-0.15, -0.1) is 40.8 Å². The molecule has 0 amide bonds. The van der Waals surface area contributed by atoms with Crippen LogP contribution in [0.4, 0.5) is 0 Å². The summed E-state index contributed by atoms with van der Waals surface area (Å²) in [6.07, 6.45) is 0. The van der Waals surface area contributed by atoms with Gasteiger partial charge in [0.15, 0.2) is 0 Å². The average Bonchev–Trinajstić information content (AvgIpc) is 3.49. The van der Waals surface area contributed by atoms with Crippen molar-refractivity contribution in [3.05, 3.63) is 0 Å². The Bertz CT molecular complexity index is 926. The molecule has 0 bridgehead atoms. The maximum absolute atomic E-state index is 4.49. The van der Waals surface area contributed by atoms with Gasteiger partial charge in [-0.25, -0.2) is 9.97 Å². The Kier molecular flexibility index (Phi) is 2.90. The highest BCUT2D eigenvalue weighted by molar-refractivity contribution is 5.78. The first-order valence-electron chi connectivity index (χ1n) is 6.77. The van der Waals surface area contributed by atoms with E-state index < -0.39 is 0 Å². The van der Waals surface area contributed by atoms with Crippen LogP contribution < -0.4 is 0 Å². The molecule has 18 nitrogen and oxygen atoms in total. The van der Waals surface area contributed by atoms with Crippen molar-refractivity contribution >= 4 is 0 Å². The molecule has 18 heteroatoms. The van der Waals surface area contributed by atoms with Crippen LogP contribution in [0, 0.1) is 0 Å². The Morgan fingerprint density at radius 2 is 0.654 bits per heavy atom. The fourth-order valence-corrected chi connectivity index (χ4v) is 2.11. The van der Waals surface area contributed by atoms with Crippen LogP contribution in [0.25, 0.3) is 46.1 Å². The molecule has 0 aliphatic carbocycles. The van der Waals surface area contributed by atoms with Gasteiger partial charge in [-0.1, -0.05) is 0 Å². The van der Waals surface area contributed by atoms with Crippen LogP contribution in [-0.4, -0.2) is 92.5 Å². The lowest BCUT2D eigenvalue weighted by Crippen LogP contribution is -2.04. The summed E-state index contributed by atoms with van der Waals surface area (Å²) in [7, 11) is 0. The van der Waals surface area contributed by atoms with Crippen molar-refractivity contribution in [3.8, 4) is 46.1 Å². The number of H-pyrrole nitrogens is 4. The van der Waals surface area contributed by atoms with Gasteiger partial charge < -0.3 is 0 Å². The van der Waals surface area contributed by atoms with Gasteiger partial charge in [0.05, 0.1) is 0 Å². The summed E-state index contributed by atoms with van der Waals surface area (Å²) in [5.41, 5.74) is 0.860. The predicted octanol–water partition coefficient (Wildman–Crippen LogP) is -2.80. The normalized spacial score (nSPS) is 11.1. The van der Waals surface area contributed by atoms with Crippen LogP contribution in [0.5, 0.6) is 0 Å². The lowest BCUT2D eigenvalue weighted by Gasteiger charge is -2.06. The van der Waals surface area contributed by atoms with Crippen molar-refractivity contribution in [2.24, 2.45) is 0 Å². The molecule has 0 atom stereocenters. The smallest absolute Gasteiger partial charge is 0.225 e. The second-order valence-electron chi connectivity index (χ2n) is 4.56. The minimum Gasteiger partial charge on any atom is -0.236 e. The lowest BCUT2D eigenvalue weighted by atomic mass is 10.2. The third-order valence-corrected chi connectivity index (χ3v) is 3.12. The standard InChI is InChI=1S/C8H4N18/c9-1(5-11-19-20-12-5)2(6-13-21-22-14-6)10-4(8-17-25-26-18-8)3(9)7-15-23-24-16-7/h(H,11,12,19,20)(H,13,14,21,22)(H,15,16,23,24)(H,17,18,25,26). The highest BCUT2D eigenvalue weighted by Gasteiger charge is 2.26. The van der Waals surface area contributed by atoms with Crippen LogP contribution in [0.15, 0.2) is 0 Å². The van der Waals surface area contributed by atoms with Gasteiger partial charge in [0.2, 0.25) is 23.3 Å². The second kappa shape index (κ2) is 5.47. The van der Waals surface area contributed by atoms with E-state index in [0.717, 1.165) is 0 Å². The fourth-order valence-electron chi connectivity index (χ4n) is 2.11. The Balaban J connectivity index is 1.84. The Labute approximate surface area is 139 Å². The van der Waals surface area contributed by atoms with Crippen molar-refractivity contribution in [2.45, 2.75) is 0 Å². The van der Waals surface area contributed by atoms with Gasteiger partial charge >= 0.3 is 0 Å². The van der Waals surface area contributed by atoms with Gasteiger partial charge in [0.1, 0.15) is 22.8 Å². The molecule has 0 aromatic carbocycles. The topological polar surface area (TPSA) is 244 Å². The largest absolute Gasteiger partial charge is 0.236 e. The van der Waals surface area contributed by atoms with Crippen molar-refractivity contribution in [1.29, 1.82) is 0 Å². The fraction of sp³-hybridized carbons (Fsp3) is 0. The number of hydrogen-bond donors (Lipinski definition) is 4. The monoisotopic (exact) mass is 352 g/mol. The molecule has 0 aliphatic heterocycles. The molecule has 0 fully saturated rings. The summed E-state index contributed by atoms with van der Waals surface area (Å²) in [6.45, 7) is 0. The first-order chi connectivity index (χ1) is 12.9.